The van der Waals surface area contributed by atoms with Crippen LogP contribution < -0.4 is 21.3 Å². The molecule has 0 spiro atoms. The lowest BCUT2D eigenvalue weighted by molar-refractivity contribution is -0.135. The second kappa shape index (κ2) is 19.7. The highest BCUT2D eigenvalue weighted by Crippen LogP contribution is 2.29. The van der Waals surface area contributed by atoms with Gasteiger partial charge in [-0.3, -0.25) is 28.9 Å². The van der Waals surface area contributed by atoms with Crippen LogP contribution in [0.4, 0.5) is 0 Å². The SMILES string of the molecule is CC(C)CC(NC(=O)[C@H](Cc1ccccc1)NC(=O)[C@H](CC(C)C)NC(=O)C(CCc1ccccc1)NC(=O)CN1CCCCC1)C(=O)[C@@]1(C)CO1. The predicted octanol–water partition coefficient (Wildman–Crippen LogP) is 3.74. The summed E-state index contributed by atoms with van der Waals surface area (Å²) in [5.74, 6) is -1.71. The van der Waals surface area contributed by atoms with Crippen LogP contribution >= 0.6 is 0 Å². The summed E-state index contributed by atoms with van der Waals surface area (Å²) in [6.45, 7) is 11.8. The fourth-order valence-corrected chi connectivity index (χ4v) is 6.69. The summed E-state index contributed by atoms with van der Waals surface area (Å²) in [5.41, 5.74) is 0.945. The zero-order valence-electron chi connectivity index (χ0n) is 31.6. The van der Waals surface area contributed by atoms with Crippen LogP contribution in [0.15, 0.2) is 60.7 Å². The second-order valence-electron chi connectivity index (χ2n) is 15.5. The molecule has 284 valence electrons. The molecule has 4 N–H and O–H groups in total. The van der Waals surface area contributed by atoms with Crippen LogP contribution in [0, 0.1) is 11.8 Å². The number of nitrogens with one attached hydrogen (secondary N) is 4. The van der Waals surface area contributed by atoms with Crippen molar-refractivity contribution in [3.8, 4) is 0 Å². The summed E-state index contributed by atoms with van der Waals surface area (Å²) in [5, 5.41) is 11.7. The van der Waals surface area contributed by atoms with Crippen molar-refractivity contribution in [3.05, 3.63) is 71.8 Å². The summed E-state index contributed by atoms with van der Waals surface area (Å²) in [6.07, 6.45) is 5.08. The Balaban J connectivity index is 1.51. The van der Waals surface area contributed by atoms with Crippen molar-refractivity contribution in [2.24, 2.45) is 11.8 Å². The van der Waals surface area contributed by atoms with Crippen molar-refractivity contribution >= 4 is 29.4 Å². The van der Waals surface area contributed by atoms with Crippen molar-refractivity contribution < 1.29 is 28.7 Å². The van der Waals surface area contributed by atoms with Gasteiger partial charge in [-0.1, -0.05) is 94.8 Å². The average molecular weight is 718 g/mol. The summed E-state index contributed by atoms with van der Waals surface area (Å²) < 4.78 is 5.41. The number of carbonyl (C=O) groups is 5. The minimum Gasteiger partial charge on any atom is -0.361 e. The molecule has 5 atom stereocenters. The van der Waals surface area contributed by atoms with Crippen LogP contribution in [0.25, 0.3) is 0 Å². The number of ether oxygens (including phenoxy) is 1. The molecule has 2 aliphatic rings. The zero-order valence-corrected chi connectivity index (χ0v) is 31.6. The first-order valence-corrected chi connectivity index (χ1v) is 19.0. The molecular weight excluding hydrogens is 658 g/mol. The molecule has 2 aromatic carbocycles. The molecule has 2 heterocycles. The number of aryl methyl sites for hydroxylation is 1. The van der Waals surface area contributed by atoms with Crippen molar-refractivity contribution in [3.63, 3.8) is 0 Å². The maximum Gasteiger partial charge on any atom is 0.243 e. The van der Waals surface area contributed by atoms with E-state index in [9.17, 15) is 24.0 Å². The number of epoxide rings is 1. The molecule has 2 saturated heterocycles. The van der Waals surface area contributed by atoms with Crippen molar-refractivity contribution in [1.82, 2.24) is 26.2 Å². The van der Waals surface area contributed by atoms with Gasteiger partial charge < -0.3 is 26.0 Å². The number of piperidine rings is 1. The molecule has 11 nitrogen and oxygen atoms in total. The topological polar surface area (TPSA) is 149 Å². The van der Waals surface area contributed by atoms with Gasteiger partial charge in [0.15, 0.2) is 5.78 Å². The third-order valence-corrected chi connectivity index (χ3v) is 9.73. The Hall–Kier alpha value is -4.09. The van der Waals surface area contributed by atoms with Gasteiger partial charge in [-0.2, -0.15) is 0 Å². The third-order valence-electron chi connectivity index (χ3n) is 9.73. The largest absolute Gasteiger partial charge is 0.361 e. The number of nitrogens with zero attached hydrogens (tertiary/aromatic N) is 1. The van der Waals surface area contributed by atoms with Crippen LogP contribution in [0.1, 0.15) is 84.3 Å². The quantitative estimate of drug-likeness (QED) is 0.153. The average Bonchev–Trinajstić information content (AvgIpc) is 3.87. The van der Waals surface area contributed by atoms with Gasteiger partial charge in [0.1, 0.15) is 23.7 Å². The minimum atomic E-state index is -1.02. The second-order valence-corrected chi connectivity index (χ2v) is 15.5. The third kappa shape index (κ3) is 13.2. The number of rotatable bonds is 20. The van der Waals surface area contributed by atoms with Crippen LogP contribution in [-0.4, -0.2) is 90.3 Å². The van der Waals surface area contributed by atoms with E-state index in [0.717, 1.165) is 43.5 Å². The Bertz CT molecular complexity index is 1470. The highest BCUT2D eigenvalue weighted by atomic mass is 16.6. The number of hydrogen-bond acceptors (Lipinski definition) is 7. The number of benzene rings is 2. The van der Waals surface area contributed by atoms with Gasteiger partial charge in [0.2, 0.25) is 23.6 Å². The number of carbonyl (C=O) groups excluding carboxylic acids is 5. The number of Topliss-reactive ketones (excluding diaryl/α,β-unsaturated/α-hetero) is 1. The molecule has 4 rings (SSSR count). The maximum atomic E-state index is 14.1. The van der Waals surface area contributed by atoms with E-state index in [-0.39, 0.29) is 36.5 Å². The lowest BCUT2D eigenvalue weighted by Gasteiger charge is -2.29. The van der Waals surface area contributed by atoms with E-state index < -0.39 is 47.5 Å². The van der Waals surface area contributed by atoms with E-state index >= 15 is 0 Å². The van der Waals surface area contributed by atoms with Crippen molar-refractivity contribution in [1.29, 1.82) is 0 Å². The Morgan fingerprint density at radius 1 is 0.673 bits per heavy atom. The molecular formula is C41H59N5O6. The van der Waals surface area contributed by atoms with Gasteiger partial charge in [-0.25, -0.2) is 0 Å². The maximum absolute atomic E-state index is 14.1. The van der Waals surface area contributed by atoms with Crippen LogP contribution in [0.3, 0.4) is 0 Å². The first-order chi connectivity index (χ1) is 24.8. The Morgan fingerprint density at radius 3 is 1.75 bits per heavy atom. The standard InChI is InChI=1S/C41H59N5O6/c1-28(2)23-33(37(48)41(5)27-52-41)43-40(51)35(25-31-17-11-7-12-18-31)45-39(50)34(24-29(3)4)44-38(49)32(20-19-30-15-9-6-10-16-30)42-36(47)26-46-21-13-8-14-22-46/h6-7,9-12,15-18,28-29,32-35H,8,13-14,19-27H2,1-5H3,(H,42,47)(H,43,51)(H,44,49)(H,45,50)/t32?,33?,34-,35-,41+/m0/s1. The first-order valence-electron chi connectivity index (χ1n) is 19.0. The number of hydrogen-bond donors (Lipinski definition) is 4. The van der Waals surface area contributed by atoms with E-state index in [2.05, 4.69) is 26.2 Å². The monoisotopic (exact) mass is 717 g/mol. The van der Waals surface area contributed by atoms with E-state index in [4.69, 9.17) is 4.74 Å². The van der Waals surface area contributed by atoms with Gasteiger partial charge >= 0.3 is 0 Å². The molecule has 2 fully saturated rings. The molecule has 4 amide bonds. The van der Waals surface area contributed by atoms with Crippen LogP contribution in [0.5, 0.6) is 0 Å². The van der Waals surface area contributed by atoms with E-state index in [0.29, 0.717) is 32.3 Å². The molecule has 2 aromatic rings. The van der Waals surface area contributed by atoms with E-state index in [1.54, 1.807) is 6.92 Å². The summed E-state index contributed by atoms with van der Waals surface area (Å²) in [4.78, 5) is 70.7. The van der Waals surface area contributed by atoms with Crippen molar-refractivity contribution in [2.75, 3.05) is 26.2 Å². The fourth-order valence-electron chi connectivity index (χ4n) is 6.69. The summed E-state index contributed by atoms with van der Waals surface area (Å²) in [7, 11) is 0. The van der Waals surface area contributed by atoms with Crippen molar-refractivity contribution in [2.45, 2.75) is 116 Å². The predicted molar refractivity (Wildman–Crippen MR) is 201 cm³/mol. The number of amides is 4. The van der Waals surface area contributed by atoms with Gasteiger partial charge in [-0.05, 0) is 81.5 Å². The molecule has 11 heteroatoms. The molecule has 0 aliphatic carbocycles. The van der Waals surface area contributed by atoms with Gasteiger partial charge in [0.25, 0.3) is 0 Å². The minimum absolute atomic E-state index is 0.0289. The molecule has 0 bridgehead atoms. The number of likely N-dealkylation sites (tertiary alicyclic amines) is 1. The summed E-state index contributed by atoms with van der Waals surface area (Å²) >= 11 is 0. The molecule has 0 aromatic heterocycles. The Labute approximate surface area is 309 Å². The molecule has 52 heavy (non-hydrogen) atoms. The molecule has 2 unspecified atom stereocenters. The first kappa shape index (κ1) is 40.7. The van der Waals surface area contributed by atoms with Gasteiger partial charge in [0.05, 0.1) is 19.2 Å². The van der Waals surface area contributed by atoms with Crippen LogP contribution in [0.2, 0.25) is 0 Å². The van der Waals surface area contributed by atoms with Gasteiger partial charge in [0, 0.05) is 6.42 Å². The Morgan fingerprint density at radius 2 is 1.17 bits per heavy atom. The lowest BCUT2D eigenvalue weighted by Crippen LogP contribution is -2.59. The highest BCUT2D eigenvalue weighted by Gasteiger charge is 2.50. The zero-order chi connectivity index (χ0) is 37.7. The van der Waals surface area contributed by atoms with E-state index in [1.807, 2.05) is 88.4 Å². The molecule has 0 saturated carbocycles. The molecule has 2 aliphatic heterocycles. The van der Waals surface area contributed by atoms with E-state index in [1.165, 1.54) is 0 Å². The van der Waals surface area contributed by atoms with Crippen LogP contribution in [-0.2, 0) is 41.6 Å². The molecule has 0 radical (unpaired) electrons. The summed E-state index contributed by atoms with van der Waals surface area (Å²) in [6, 6.07) is 15.5. The fraction of sp³-hybridized carbons (Fsp3) is 0.585. The highest BCUT2D eigenvalue weighted by molar-refractivity contribution is 5.98. The number of ketones is 1. The smallest absolute Gasteiger partial charge is 0.243 e. The Kier molecular flexibility index (Phi) is 15.4. The van der Waals surface area contributed by atoms with Gasteiger partial charge in [-0.15, -0.1) is 0 Å². The normalized spacial score (nSPS) is 19.6. The lowest BCUT2D eigenvalue weighted by atomic mass is 9.93.